The molecule has 0 aliphatic rings. The van der Waals surface area contributed by atoms with Crippen LogP contribution in [0.2, 0.25) is 0 Å². The number of rotatable bonds is 40. The molecule has 0 aromatic carbocycles. The van der Waals surface area contributed by atoms with Crippen molar-refractivity contribution in [3.63, 3.8) is 0 Å². The summed E-state index contributed by atoms with van der Waals surface area (Å²) in [5.74, 6) is -1.09. The molecule has 1 atom stereocenters. The minimum atomic E-state index is -0.841. The third-order valence-electron chi connectivity index (χ3n) is 9.29. The van der Waals surface area contributed by atoms with Crippen LogP contribution in [0.15, 0.2) is 122 Å². The highest BCUT2D eigenvalue weighted by atomic mass is 16.6. The van der Waals surface area contributed by atoms with E-state index in [1.807, 2.05) is 42.5 Å². The van der Waals surface area contributed by atoms with Crippen LogP contribution in [0.4, 0.5) is 0 Å². The van der Waals surface area contributed by atoms with Crippen LogP contribution in [0, 0.1) is 0 Å². The normalized spacial score (nSPS) is 13.2. The number of carbonyl (C=O) groups excluding carboxylic acids is 3. The molecule has 0 saturated carbocycles. The zero-order valence-corrected chi connectivity index (χ0v) is 38.2. The SMILES string of the molecule is CC/C=C\C/C=C\C/C=C\CCCC(=O)OCC(COC(=O)CCCCCCC\C=C/C=C\C=C/C=C\C=C/CCC)OC(=O)CC/C=C\C/C=C\CCCCCCCC. The van der Waals surface area contributed by atoms with Crippen molar-refractivity contribution in [1.29, 1.82) is 0 Å². The number of allylic oxidation sites excluding steroid dienone is 20. The minimum absolute atomic E-state index is 0.134. The first-order chi connectivity index (χ1) is 29.5. The largest absolute Gasteiger partial charge is 0.462 e. The maximum atomic E-state index is 12.7. The molecule has 0 fully saturated rings. The summed E-state index contributed by atoms with van der Waals surface area (Å²) in [7, 11) is 0. The van der Waals surface area contributed by atoms with Crippen LogP contribution in [0.25, 0.3) is 0 Å². The first kappa shape index (κ1) is 55.8. The van der Waals surface area contributed by atoms with Crippen molar-refractivity contribution in [2.24, 2.45) is 0 Å². The van der Waals surface area contributed by atoms with E-state index in [1.54, 1.807) is 0 Å². The van der Waals surface area contributed by atoms with Gasteiger partial charge in [0.15, 0.2) is 6.10 Å². The lowest BCUT2D eigenvalue weighted by Crippen LogP contribution is -2.30. The summed E-state index contributed by atoms with van der Waals surface area (Å²) in [6.07, 6.45) is 64.8. The van der Waals surface area contributed by atoms with Gasteiger partial charge in [-0.1, -0.05) is 200 Å². The first-order valence-electron chi connectivity index (χ1n) is 23.6. The smallest absolute Gasteiger partial charge is 0.306 e. The fourth-order valence-electron chi connectivity index (χ4n) is 5.78. The van der Waals surface area contributed by atoms with E-state index in [0.29, 0.717) is 19.3 Å². The van der Waals surface area contributed by atoms with Crippen LogP contribution in [0.3, 0.4) is 0 Å². The summed E-state index contributed by atoms with van der Waals surface area (Å²) < 4.78 is 16.6. The summed E-state index contributed by atoms with van der Waals surface area (Å²) in [5, 5.41) is 0. The molecule has 0 N–H and O–H groups in total. The van der Waals surface area contributed by atoms with Gasteiger partial charge in [-0.25, -0.2) is 0 Å². The van der Waals surface area contributed by atoms with Gasteiger partial charge in [0.2, 0.25) is 0 Å². The second-order valence-corrected chi connectivity index (χ2v) is 15.0. The van der Waals surface area contributed by atoms with E-state index in [-0.39, 0.29) is 38.0 Å². The van der Waals surface area contributed by atoms with Crippen molar-refractivity contribution >= 4 is 17.9 Å². The van der Waals surface area contributed by atoms with Crippen LogP contribution < -0.4 is 0 Å². The average Bonchev–Trinajstić information content (AvgIpc) is 3.24. The topological polar surface area (TPSA) is 78.9 Å². The van der Waals surface area contributed by atoms with Gasteiger partial charge in [-0.15, -0.1) is 0 Å². The van der Waals surface area contributed by atoms with Crippen LogP contribution >= 0.6 is 0 Å². The van der Waals surface area contributed by atoms with Gasteiger partial charge in [-0.3, -0.25) is 14.4 Å². The lowest BCUT2D eigenvalue weighted by molar-refractivity contribution is -0.166. The average molecular weight is 829 g/mol. The van der Waals surface area contributed by atoms with E-state index in [0.717, 1.165) is 83.5 Å². The predicted molar refractivity (Wildman–Crippen MR) is 256 cm³/mol. The molecule has 6 heteroatoms. The first-order valence-corrected chi connectivity index (χ1v) is 23.6. The summed E-state index contributed by atoms with van der Waals surface area (Å²) in [6.45, 7) is 6.27. The van der Waals surface area contributed by atoms with Gasteiger partial charge < -0.3 is 14.2 Å². The Hall–Kier alpha value is -4.19. The number of carbonyl (C=O) groups is 3. The summed E-state index contributed by atoms with van der Waals surface area (Å²) in [6, 6.07) is 0. The Balaban J connectivity index is 4.57. The minimum Gasteiger partial charge on any atom is -0.462 e. The number of unbranched alkanes of at least 4 members (excludes halogenated alkanes) is 13. The summed E-state index contributed by atoms with van der Waals surface area (Å²) in [5.41, 5.74) is 0. The van der Waals surface area contributed by atoms with Gasteiger partial charge >= 0.3 is 17.9 Å². The van der Waals surface area contributed by atoms with E-state index in [2.05, 4.69) is 99.8 Å². The standard InChI is InChI=1S/C54H84O6/c1-4-7-10-13-16-19-22-24-25-26-27-28-30-32-35-38-41-44-47-53(56)59-50-51(49-58-52(55)46-43-40-37-34-31-21-18-15-12-9-6-3)60-54(57)48-45-42-39-36-33-29-23-20-17-14-11-8-5-2/h9-10,12-13,16,18-19,21-22,24-29,33-34,37,39,42,51H,4-8,11,14-15,17,20,23,30-32,35-36,38,40-41,43-50H2,1-3H3/b12-9-,13-10-,19-16-,21-18-,24-22-,26-25-,28-27-,33-29-,37-34-,42-39-. The van der Waals surface area contributed by atoms with Crippen LogP contribution in [-0.4, -0.2) is 37.2 Å². The molecule has 0 spiro atoms. The van der Waals surface area contributed by atoms with E-state index < -0.39 is 12.1 Å². The maximum absolute atomic E-state index is 12.7. The van der Waals surface area contributed by atoms with Crippen molar-refractivity contribution < 1.29 is 28.6 Å². The van der Waals surface area contributed by atoms with Crippen molar-refractivity contribution in [2.75, 3.05) is 13.2 Å². The highest BCUT2D eigenvalue weighted by Gasteiger charge is 2.19. The number of ether oxygens (including phenoxy) is 3. The Kier molecular flexibility index (Phi) is 44.2. The van der Waals surface area contributed by atoms with Crippen LogP contribution in [0.5, 0.6) is 0 Å². The fraction of sp³-hybridized carbons (Fsp3) is 0.574. The second-order valence-electron chi connectivity index (χ2n) is 15.0. The highest BCUT2D eigenvalue weighted by Crippen LogP contribution is 2.11. The molecule has 0 heterocycles. The molecule has 0 aliphatic heterocycles. The van der Waals surface area contributed by atoms with Crippen LogP contribution in [0.1, 0.15) is 181 Å². The molecular weight excluding hydrogens is 745 g/mol. The van der Waals surface area contributed by atoms with Gasteiger partial charge in [0.1, 0.15) is 13.2 Å². The molecular formula is C54H84O6. The lowest BCUT2D eigenvalue weighted by Gasteiger charge is -2.18. The quantitative estimate of drug-likeness (QED) is 0.0201. The van der Waals surface area contributed by atoms with Crippen molar-refractivity contribution in [2.45, 2.75) is 187 Å². The van der Waals surface area contributed by atoms with Crippen molar-refractivity contribution in [3.05, 3.63) is 122 Å². The summed E-state index contributed by atoms with van der Waals surface area (Å²) in [4.78, 5) is 37.7. The van der Waals surface area contributed by atoms with Crippen LogP contribution in [-0.2, 0) is 28.6 Å². The molecule has 0 rings (SSSR count). The van der Waals surface area contributed by atoms with Crippen molar-refractivity contribution in [1.82, 2.24) is 0 Å². The molecule has 0 aromatic rings. The highest BCUT2D eigenvalue weighted by molar-refractivity contribution is 5.71. The third-order valence-corrected chi connectivity index (χ3v) is 9.29. The van der Waals surface area contributed by atoms with Gasteiger partial charge in [-0.2, -0.15) is 0 Å². The molecule has 6 nitrogen and oxygen atoms in total. The Morgan fingerprint density at radius 2 is 0.800 bits per heavy atom. The summed E-state index contributed by atoms with van der Waals surface area (Å²) >= 11 is 0. The van der Waals surface area contributed by atoms with Gasteiger partial charge in [0, 0.05) is 19.3 Å². The van der Waals surface area contributed by atoms with Crippen molar-refractivity contribution in [3.8, 4) is 0 Å². The maximum Gasteiger partial charge on any atom is 0.306 e. The molecule has 1 unspecified atom stereocenters. The molecule has 0 radical (unpaired) electrons. The molecule has 60 heavy (non-hydrogen) atoms. The lowest BCUT2D eigenvalue weighted by atomic mass is 10.1. The van der Waals surface area contributed by atoms with E-state index in [9.17, 15) is 14.4 Å². The van der Waals surface area contributed by atoms with E-state index in [4.69, 9.17) is 14.2 Å². The van der Waals surface area contributed by atoms with Gasteiger partial charge in [0.25, 0.3) is 0 Å². The molecule has 336 valence electrons. The van der Waals surface area contributed by atoms with Gasteiger partial charge in [0.05, 0.1) is 0 Å². The Morgan fingerprint density at radius 1 is 0.367 bits per heavy atom. The second kappa shape index (κ2) is 47.5. The number of hydrogen-bond acceptors (Lipinski definition) is 6. The Bertz CT molecular complexity index is 1320. The molecule has 0 aliphatic carbocycles. The number of esters is 3. The van der Waals surface area contributed by atoms with E-state index >= 15 is 0 Å². The predicted octanol–water partition coefficient (Wildman–Crippen LogP) is 15.4. The zero-order valence-electron chi connectivity index (χ0n) is 38.2. The molecule has 0 saturated heterocycles. The molecule has 0 aromatic heterocycles. The Labute approximate surface area is 367 Å². The molecule has 0 amide bonds. The zero-order chi connectivity index (χ0) is 43.7. The van der Waals surface area contributed by atoms with E-state index in [1.165, 1.54) is 44.9 Å². The number of hydrogen-bond donors (Lipinski definition) is 0. The molecule has 0 bridgehead atoms. The third kappa shape index (κ3) is 44.9. The van der Waals surface area contributed by atoms with Gasteiger partial charge in [-0.05, 0) is 83.5 Å². The Morgan fingerprint density at radius 3 is 1.37 bits per heavy atom. The fourth-order valence-corrected chi connectivity index (χ4v) is 5.78. The monoisotopic (exact) mass is 829 g/mol.